The van der Waals surface area contributed by atoms with Crippen molar-refractivity contribution in [2.24, 2.45) is 5.16 Å². The monoisotopic (exact) mass is 250 g/mol. The van der Waals surface area contributed by atoms with Crippen LogP contribution >= 0.6 is 0 Å². The van der Waals surface area contributed by atoms with Crippen molar-refractivity contribution >= 4 is 11.6 Å². The molecule has 1 aromatic rings. The van der Waals surface area contributed by atoms with Crippen molar-refractivity contribution in [1.82, 2.24) is 15.5 Å². The summed E-state index contributed by atoms with van der Waals surface area (Å²) in [4.78, 5) is 17.0. The van der Waals surface area contributed by atoms with Crippen LogP contribution in [0.15, 0.2) is 5.16 Å². The number of aromatic nitrogens is 2. The summed E-state index contributed by atoms with van der Waals surface area (Å²) in [6, 6.07) is 0. The molecule has 6 heteroatoms. The van der Waals surface area contributed by atoms with Crippen LogP contribution in [0.5, 0.6) is 0 Å². The Morgan fingerprint density at radius 3 is 2.89 bits per heavy atom. The van der Waals surface area contributed by atoms with Gasteiger partial charge in [0.15, 0.2) is 0 Å². The Balaban J connectivity index is 1.86. The number of hydrogen-bond acceptors (Lipinski definition) is 4. The molecule has 1 aliphatic heterocycles. The van der Waals surface area contributed by atoms with Gasteiger partial charge in [0.05, 0.1) is 11.4 Å². The molecule has 18 heavy (non-hydrogen) atoms. The molecule has 0 radical (unpaired) electrons. The molecule has 1 aromatic heterocycles. The summed E-state index contributed by atoms with van der Waals surface area (Å²) in [5.74, 6) is -0.123. The molecule has 98 valence electrons. The van der Waals surface area contributed by atoms with Crippen LogP contribution in [0, 0.1) is 13.8 Å². The van der Waals surface area contributed by atoms with Crippen molar-refractivity contribution in [2.75, 3.05) is 0 Å². The van der Waals surface area contributed by atoms with Crippen molar-refractivity contribution in [3.63, 3.8) is 0 Å². The van der Waals surface area contributed by atoms with Crippen LogP contribution in [-0.4, -0.2) is 27.9 Å². The molecule has 6 nitrogen and oxygen atoms in total. The van der Waals surface area contributed by atoms with Crippen molar-refractivity contribution < 1.29 is 9.63 Å². The van der Waals surface area contributed by atoms with Crippen LogP contribution < -0.4 is 5.32 Å². The van der Waals surface area contributed by atoms with Gasteiger partial charge in [0.2, 0.25) is 6.10 Å². The van der Waals surface area contributed by atoms with E-state index in [1.165, 1.54) is 0 Å². The Morgan fingerprint density at radius 2 is 2.33 bits per heavy atom. The Kier molecular flexibility index (Phi) is 3.64. The first-order chi connectivity index (χ1) is 8.61. The fourth-order valence-electron chi connectivity index (χ4n) is 1.90. The summed E-state index contributed by atoms with van der Waals surface area (Å²) in [7, 11) is 0. The second kappa shape index (κ2) is 5.20. The third kappa shape index (κ3) is 2.52. The van der Waals surface area contributed by atoms with Crippen molar-refractivity contribution in [1.29, 1.82) is 0 Å². The van der Waals surface area contributed by atoms with E-state index in [1.54, 1.807) is 0 Å². The molecular weight excluding hydrogens is 232 g/mol. The number of carbonyl (C=O) groups excluding carboxylic acids is 1. The topological polar surface area (TPSA) is 79.4 Å². The third-order valence-electron chi connectivity index (χ3n) is 3.15. The zero-order valence-electron chi connectivity index (χ0n) is 10.9. The maximum Gasteiger partial charge on any atom is 0.264 e. The van der Waals surface area contributed by atoms with E-state index in [0.29, 0.717) is 13.0 Å². The first-order valence-electron chi connectivity index (χ1n) is 6.11. The van der Waals surface area contributed by atoms with Gasteiger partial charge in [-0.3, -0.25) is 9.89 Å². The van der Waals surface area contributed by atoms with Gasteiger partial charge in [-0.05, 0) is 20.3 Å². The summed E-state index contributed by atoms with van der Waals surface area (Å²) in [5.41, 5.74) is 3.85. The molecule has 1 amide bonds. The zero-order chi connectivity index (χ0) is 13.1. The van der Waals surface area contributed by atoms with Crippen molar-refractivity contribution in [3.05, 3.63) is 17.0 Å². The van der Waals surface area contributed by atoms with Crippen molar-refractivity contribution in [2.45, 2.75) is 46.3 Å². The van der Waals surface area contributed by atoms with E-state index in [0.717, 1.165) is 29.1 Å². The number of H-pyrrole nitrogens is 1. The molecule has 1 atom stereocenters. The molecule has 2 rings (SSSR count). The molecule has 0 bridgehead atoms. The third-order valence-corrected chi connectivity index (χ3v) is 3.15. The van der Waals surface area contributed by atoms with Crippen LogP contribution in [0.25, 0.3) is 0 Å². The van der Waals surface area contributed by atoms with Crippen LogP contribution in [0.2, 0.25) is 0 Å². The largest absolute Gasteiger partial charge is 0.382 e. The SMILES string of the molecule is CCC1=NO[C@H](C(=O)NCc2c(C)n[nH]c2C)C1. The number of hydrogen-bond donors (Lipinski definition) is 2. The van der Waals surface area contributed by atoms with E-state index in [1.807, 2.05) is 20.8 Å². The van der Waals surface area contributed by atoms with E-state index < -0.39 is 6.10 Å². The second-order valence-electron chi connectivity index (χ2n) is 4.44. The van der Waals surface area contributed by atoms with E-state index in [9.17, 15) is 4.79 Å². The highest BCUT2D eigenvalue weighted by Gasteiger charge is 2.27. The lowest BCUT2D eigenvalue weighted by Crippen LogP contribution is -2.34. The van der Waals surface area contributed by atoms with E-state index in [2.05, 4.69) is 20.7 Å². The Bertz CT molecular complexity index is 459. The minimum Gasteiger partial charge on any atom is -0.382 e. The fraction of sp³-hybridized carbons (Fsp3) is 0.583. The van der Waals surface area contributed by atoms with E-state index >= 15 is 0 Å². The van der Waals surface area contributed by atoms with E-state index in [4.69, 9.17) is 4.84 Å². The number of rotatable bonds is 4. The van der Waals surface area contributed by atoms with Gasteiger partial charge in [-0.2, -0.15) is 5.10 Å². The number of aromatic amines is 1. The maximum absolute atomic E-state index is 11.9. The average Bonchev–Trinajstić information content (AvgIpc) is 2.95. The smallest absolute Gasteiger partial charge is 0.264 e. The van der Waals surface area contributed by atoms with Crippen molar-refractivity contribution in [3.8, 4) is 0 Å². The minimum absolute atomic E-state index is 0.123. The highest BCUT2D eigenvalue weighted by molar-refractivity contribution is 5.92. The molecule has 0 fully saturated rings. The van der Waals surface area contributed by atoms with Gasteiger partial charge in [0, 0.05) is 24.2 Å². The lowest BCUT2D eigenvalue weighted by Gasteiger charge is -2.09. The van der Waals surface area contributed by atoms with Gasteiger partial charge in [-0.15, -0.1) is 0 Å². The molecule has 2 heterocycles. The number of amides is 1. The molecule has 2 N–H and O–H groups in total. The summed E-state index contributed by atoms with van der Waals surface area (Å²) in [6.07, 6.45) is 0.933. The first-order valence-corrected chi connectivity index (χ1v) is 6.11. The number of carbonyl (C=O) groups is 1. The molecular formula is C12H18N4O2. The fourth-order valence-corrected chi connectivity index (χ4v) is 1.90. The van der Waals surface area contributed by atoms with Gasteiger partial charge in [0.25, 0.3) is 5.91 Å². The van der Waals surface area contributed by atoms with Gasteiger partial charge in [-0.25, -0.2) is 0 Å². The average molecular weight is 250 g/mol. The number of nitrogens with zero attached hydrogens (tertiary/aromatic N) is 2. The predicted octanol–water partition coefficient (Wildman–Crippen LogP) is 1.20. The Morgan fingerprint density at radius 1 is 1.56 bits per heavy atom. The highest BCUT2D eigenvalue weighted by atomic mass is 16.6. The number of aryl methyl sites for hydroxylation is 2. The predicted molar refractivity (Wildman–Crippen MR) is 67.1 cm³/mol. The number of oxime groups is 1. The summed E-state index contributed by atoms with van der Waals surface area (Å²) >= 11 is 0. The van der Waals surface area contributed by atoms with Crippen LogP contribution in [-0.2, 0) is 16.2 Å². The molecule has 0 aromatic carbocycles. The zero-order valence-corrected chi connectivity index (χ0v) is 10.9. The molecule has 0 saturated carbocycles. The summed E-state index contributed by atoms with van der Waals surface area (Å²) < 4.78 is 0. The minimum atomic E-state index is -0.479. The molecule has 0 aliphatic carbocycles. The quantitative estimate of drug-likeness (QED) is 0.842. The van der Waals surface area contributed by atoms with Crippen LogP contribution in [0.3, 0.4) is 0 Å². The standard InChI is InChI=1S/C12H18N4O2/c1-4-9-5-11(18-16-9)12(17)13-6-10-7(2)14-15-8(10)3/h11H,4-6H2,1-3H3,(H,13,17)(H,14,15)/t11-/m0/s1. The molecule has 1 aliphatic rings. The van der Waals surface area contributed by atoms with Gasteiger partial charge < -0.3 is 10.2 Å². The van der Waals surface area contributed by atoms with Crippen LogP contribution in [0.4, 0.5) is 0 Å². The number of nitrogens with one attached hydrogen (secondary N) is 2. The van der Waals surface area contributed by atoms with Gasteiger partial charge >= 0.3 is 0 Å². The first kappa shape index (κ1) is 12.6. The lowest BCUT2D eigenvalue weighted by molar-refractivity contribution is -0.131. The van der Waals surface area contributed by atoms with Crippen LogP contribution in [0.1, 0.15) is 36.7 Å². The molecule has 0 spiro atoms. The molecule has 0 saturated heterocycles. The lowest BCUT2D eigenvalue weighted by atomic mass is 10.1. The Hall–Kier alpha value is -1.85. The highest BCUT2D eigenvalue weighted by Crippen LogP contribution is 2.13. The van der Waals surface area contributed by atoms with E-state index in [-0.39, 0.29) is 5.91 Å². The maximum atomic E-state index is 11.9. The Labute approximate surface area is 106 Å². The normalized spacial score (nSPS) is 18.4. The second-order valence-corrected chi connectivity index (χ2v) is 4.44. The van der Waals surface area contributed by atoms with Gasteiger partial charge in [0.1, 0.15) is 0 Å². The summed E-state index contributed by atoms with van der Waals surface area (Å²) in [6.45, 7) is 6.32. The van der Waals surface area contributed by atoms with Gasteiger partial charge in [-0.1, -0.05) is 12.1 Å². The summed E-state index contributed by atoms with van der Waals surface area (Å²) in [5, 5.41) is 13.7. The molecule has 0 unspecified atom stereocenters.